The van der Waals surface area contributed by atoms with Crippen LogP contribution in [0.5, 0.6) is 23.0 Å². The molecule has 8 heteroatoms. The Labute approximate surface area is 446 Å². The van der Waals surface area contributed by atoms with Gasteiger partial charge in [-0.25, -0.2) is 0 Å². The van der Waals surface area contributed by atoms with E-state index in [1.807, 2.05) is 76.2 Å². The van der Waals surface area contributed by atoms with E-state index in [1.54, 1.807) is 24.3 Å². The summed E-state index contributed by atoms with van der Waals surface area (Å²) in [7, 11) is 0. The van der Waals surface area contributed by atoms with Gasteiger partial charge in [0, 0.05) is 42.5 Å². The molecule has 0 fully saturated rings. The van der Waals surface area contributed by atoms with E-state index in [2.05, 4.69) is 107 Å². The van der Waals surface area contributed by atoms with Crippen molar-refractivity contribution in [3.63, 3.8) is 0 Å². The predicted octanol–water partition coefficient (Wildman–Crippen LogP) is 15.4. The normalized spacial score (nSPS) is 12.7. The van der Waals surface area contributed by atoms with Crippen molar-refractivity contribution in [2.45, 2.75) is 152 Å². The van der Waals surface area contributed by atoms with E-state index in [0.717, 1.165) is 66.8 Å². The molecule has 0 aliphatic rings. The third-order valence-corrected chi connectivity index (χ3v) is 13.9. The number of rotatable bonds is 16. The molecular formula is C67H80O8. The molecule has 0 atom stereocenters. The number of benzene rings is 6. The van der Waals surface area contributed by atoms with Crippen LogP contribution < -0.4 is 9.47 Å². The van der Waals surface area contributed by atoms with Crippen molar-refractivity contribution in [3.8, 4) is 23.0 Å². The Balaban J connectivity index is 1.49. The molecule has 6 aromatic carbocycles. The molecule has 0 unspecified atom stereocenters. The van der Waals surface area contributed by atoms with Crippen molar-refractivity contribution in [3.05, 3.63) is 198 Å². The summed E-state index contributed by atoms with van der Waals surface area (Å²) in [5.41, 5.74) is 12.0. The topological polar surface area (TPSA) is 134 Å². The highest BCUT2D eigenvalue weighted by molar-refractivity contribution is 5.97. The van der Waals surface area contributed by atoms with Crippen molar-refractivity contribution in [1.82, 2.24) is 0 Å². The summed E-state index contributed by atoms with van der Waals surface area (Å²) >= 11 is 0. The lowest BCUT2D eigenvalue weighted by Crippen LogP contribution is -2.17. The van der Waals surface area contributed by atoms with E-state index in [-0.39, 0.29) is 77.2 Å². The van der Waals surface area contributed by atoms with Gasteiger partial charge in [0.05, 0.1) is 0 Å². The number of carbonyl (C=O) groups excluding carboxylic acids is 2. The van der Waals surface area contributed by atoms with Gasteiger partial charge in [0.15, 0.2) is 24.8 Å². The molecule has 0 amide bonds. The van der Waals surface area contributed by atoms with Gasteiger partial charge >= 0.3 is 0 Å². The largest absolute Gasteiger partial charge is 0.507 e. The molecule has 0 saturated heterocycles. The average Bonchev–Trinajstić information content (AvgIpc) is 3.29. The zero-order valence-electron chi connectivity index (χ0n) is 47.3. The Hall–Kier alpha value is -7.06. The molecule has 0 aliphatic carbocycles. The highest BCUT2D eigenvalue weighted by Crippen LogP contribution is 2.42. The van der Waals surface area contributed by atoms with Gasteiger partial charge in [-0.05, 0) is 116 Å². The van der Waals surface area contributed by atoms with Gasteiger partial charge < -0.3 is 29.9 Å². The summed E-state index contributed by atoms with van der Waals surface area (Å²) in [4.78, 5) is 27.1. The number of aryl methyl sites for hydroxylation is 4. The minimum Gasteiger partial charge on any atom is -0.507 e. The van der Waals surface area contributed by atoms with Gasteiger partial charge in [-0.3, -0.25) is 9.59 Å². The summed E-state index contributed by atoms with van der Waals surface area (Å²) < 4.78 is 13.1. The first-order valence-electron chi connectivity index (χ1n) is 26.0. The third kappa shape index (κ3) is 14.6. The summed E-state index contributed by atoms with van der Waals surface area (Å²) in [5.74, 6) is 0.118. The van der Waals surface area contributed by atoms with Gasteiger partial charge in [0.1, 0.15) is 34.5 Å². The molecule has 0 aromatic heterocycles. The maximum Gasteiger partial charge on any atom is 0.196 e. The van der Waals surface area contributed by atoms with Crippen LogP contribution in [-0.4, -0.2) is 45.2 Å². The fourth-order valence-electron chi connectivity index (χ4n) is 9.04. The first-order valence-corrected chi connectivity index (χ1v) is 26.0. The Morgan fingerprint density at radius 3 is 1.07 bits per heavy atom. The molecule has 396 valence electrons. The minimum absolute atomic E-state index is 0.0941. The van der Waals surface area contributed by atoms with E-state index in [1.165, 1.54) is 12.2 Å². The van der Waals surface area contributed by atoms with Crippen LogP contribution in [0, 0.1) is 27.7 Å². The van der Waals surface area contributed by atoms with Crippen molar-refractivity contribution in [2.24, 2.45) is 0 Å². The van der Waals surface area contributed by atoms with Crippen molar-refractivity contribution >= 4 is 23.1 Å². The van der Waals surface area contributed by atoms with E-state index >= 15 is 0 Å². The Morgan fingerprint density at radius 1 is 0.413 bits per heavy atom. The molecule has 0 bridgehead atoms. The van der Waals surface area contributed by atoms with Gasteiger partial charge in [-0.15, -0.1) is 0 Å². The standard InChI is InChI=1S/C67H80O8/c1-40-17-21-44(22-18-40)58(70)36-56(68)38-74-62-43(4)26-53(65(8,9)10)33-49(62)28-47-31-54(66(11,12)13)32-48(61(47)73)29-51-35-55(67(14,15)16)34-50(27-46-30-52(64(5,6)7)25-42(3)60(46)72)63(51)75-39-57(69)37-59(71)45-23-19-41(2)20-24-45/h17-26,30-37,70-73H,27-29,38-39H2,1-16H3/b58-36-,59-37-. The van der Waals surface area contributed by atoms with Crippen molar-refractivity contribution in [1.29, 1.82) is 0 Å². The van der Waals surface area contributed by atoms with Crippen molar-refractivity contribution in [2.75, 3.05) is 13.2 Å². The number of phenols is 2. The molecular weight excluding hydrogens is 933 g/mol. The molecule has 0 saturated carbocycles. The quantitative estimate of drug-likeness (QED) is 0.0556. The highest BCUT2D eigenvalue weighted by Gasteiger charge is 2.27. The lowest BCUT2D eigenvalue weighted by Gasteiger charge is -2.27. The van der Waals surface area contributed by atoms with Crippen LogP contribution in [-0.2, 0) is 50.5 Å². The van der Waals surface area contributed by atoms with Crippen LogP contribution in [0.4, 0.5) is 0 Å². The van der Waals surface area contributed by atoms with Crippen molar-refractivity contribution < 1.29 is 39.5 Å². The van der Waals surface area contributed by atoms with Crippen LogP contribution in [0.25, 0.3) is 11.5 Å². The van der Waals surface area contributed by atoms with Crippen LogP contribution in [0.2, 0.25) is 0 Å². The molecule has 6 rings (SSSR count). The van der Waals surface area contributed by atoms with E-state index < -0.39 is 11.6 Å². The SMILES string of the molecule is Cc1ccc(/C(O)=C/C(=O)COc2c(C)cc(C(C)(C)C)cc2Cc2cc(C(C)(C)C)cc(Cc3cc(C(C)(C)C)cc(Cc4cc(C(C)(C)C)cc(C)c4O)c3OCC(=O)/C=C(\O)c3ccc(C)cc3)c2O)cc1. The molecule has 4 N–H and O–H groups in total. The number of aromatic hydroxyl groups is 2. The number of ether oxygens (including phenoxy) is 2. The molecule has 0 spiro atoms. The number of hydrogen-bond acceptors (Lipinski definition) is 8. The lowest BCUT2D eigenvalue weighted by atomic mass is 9.80. The summed E-state index contributed by atoms with van der Waals surface area (Å²) in [5, 5.41) is 46.2. The molecule has 6 aromatic rings. The zero-order chi connectivity index (χ0) is 55.5. The third-order valence-electron chi connectivity index (χ3n) is 13.9. The predicted molar refractivity (Wildman–Crippen MR) is 306 cm³/mol. The summed E-state index contributed by atoms with van der Waals surface area (Å²) in [6.45, 7) is 32.8. The monoisotopic (exact) mass is 1010 g/mol. The summed E-state index contributed by atoms with van der Waals surface area (Å²) in [6, 6.07) is 31.1. The van der Waals surface area contributed by atoms with E-state index in [0.29, 0.717) is 33.8 Å². The molecule has 75 heavy (non-hydrogen) atoms. The fourth-order valence-corrected chi connectivity index (χ4v) is 9.04. The first-order chi connectivity index (χ1) is 34.8. The average molecular weight is 1010 g/mol. The second-order valence-corrected chi connectivity index (χ2v) is 24.7. The van der Waals surface area contributed by atoms with Crippen LogP contribution >= 0.6 is 0 Å². The fraction of sp³-hybridized carbons (Fsp3) is 0.373. The van der Waals surface area contributed by atoms with E-state index in [9.17, 15) is 30.0 Å². The van der Waals surface area contributed by atoms with Gasteiger partial charge in [0.25, 0.3) is 0 Å². The van der Waals surface area contributed by atoms with Crippen LogP contribution in [0.3, 0.4) is 0 Å². The maximum atomic E-state index is 13.8. The number of aliphatic hydroxyl groups excluding tert-OH is 2. The van der Waals surface area contributed by atoms with Gasteiger partial charge in [0.2, 0.25) is 0 Å². The number of phenolic OH excluding ortho intramolecular Hbond substituents is 2. The summed E-state index contributed by atoms with van der Waals surface area (Å²) in [6.07, 6.45) is 3.16. The maximum absolute atomic E-state index is 13.8. The Bertz CT molecular complexity index is 3140. The molecule has 0 radical (unpaired) electrons. The smallest absolute Gasteiger partial charge is 0.196 e. The molecule has 0 heterocycles. The van der Waals surface area contributed by atoms with Crippen LogP contribution in [0.15, 0.2) is 109 Å². The highest BCUT2D eigenvalue weighted by atomic mass is 16.5. The Morgan fingerprint density at radius 2 is 0.707 bits per heavy atom. The molecule has 8 nitrogen and oxygen atoms in total. The number of aliphatic hydroxyl groups is 2. The van der Waals surface area contributed by atoms with Gasteiger partial charge in [-0.1, -0.05) is 191 Å². The number of hydrogen-bond donors (Lipinski definition) is 4. The second kappa shape index (κ2) is 22.4. The minimum atomic E-state index is -0.440. The van der Waals surface area contributed by atoms with Crippen LogP contribution in [0.1, 0.15) is 172 Å². The van der Waals surface area contributed by atoms with Gasteiger partial charge in [-0.2, -0.15) is 0 Å². The van der Waals surface area contributed by atoms with E-state index in [4.69, 9.17) is 9.47 Å². The number of carbonyl (C=O) groups is 2. The second-order valence-electron chi connectivity index (χ2n) is 24.7. The lowest BCUT2D eigenvalue weighted by molar-refractivity contribution is -0.117. The number of ketones is 2. The first kappa shape index (κ1) is 57.2. The Kier molecular flexibility index (Phi) is 17.1. The zero-order valence-corrected chi connectivity index (χ0v) is 47.3. The molecule has 0 aliphatic heterocycles.